The highest BCUT2D eigenvalue weighted by atomic mass is 19.1. The summed E-state index contributed by atoms with van der Waals surface area (Å²) in [6.07, 6.45) is 2.94. The average molecular weight is 161 g/mol. The van der Waals surface area contributed by atoms with Gasteiger partial charge in [0, 0.05) is 6.04 Å². The number of halogens is 1. The van der Waals surface area contributed by atoms with E-state index in [9.17, 15) is 4.39 Å². The van der Waals surface area contributed by atoms with E-state index in [2.05, 4.69) is 0 Å². The normalized spacial score (nSPS) is 21.5. The third-order valence-electron chi connectivity index (χ3n) is 1.94. The summed E-state index contributed by atoms with van der Waals surface area (Å²) in [5, 5.41) is 0. The average Bonchev–Trinajstić information content (AvgIpc) is 2.72. The number of alkyl halides is 1. The van der Waals surface area contributed by atoms with Gasteiger partial charge in [-0.3, -0.25) is 0 Å². The lowest BCUT2D eigenvalue weighted by Gasteiger charge is -2.10. The maximum atomic E-state index is 12.9. The van der Waals surface area contributed by atoms with Crippen LogP contribution in [0.5, 0.6) is 0 Å². The van der Waals surface area contributed by atoms with Crippen LogP contribution >= 0.6 is 0 Å². The molecular formula is C9H20FN. The zero-order chi connectivity index (χ0) is 8.91. The minimum absolute atomic E-state index is 0.0810. The molecule has 1 saturated carbocycles. The minimum atomic E-state index is -0.852. The van der Waals surface area contributed by atoms with Gasteiger partial charge in [0.2, 0.25) is 0 Å². The van der Waals surface area contributed by atoms with Crippen LogP contribution in [0.4, 0.5) is 4.39 Å². The molecule has 1 atom stereocenters. The third-order valence-corrected chi connectivity index (χ3v) is 1.94. The Hall–Kier alpha value is -0.110. The molecule has 2 heteroatoms. The van der Waals surface area contributed by atoms with E-state index < -0.39 is 5.67 Å². The van der Waals surface area contributed by atoms with Crippen LogP contribution in [0.3, 0.4) is 0 Å². The molecule has 0 radical (unpaired) electrons. The molecule has 1 fully saturated rings. The van der Waals surface area contributed by atoms with Crippen molar-refractivity contribution in [3.05, 3.63) is 0 Å². The van der Waals surface area contributed by atoms with Crippen LogP contribution in [0.2, 0.25) is 0 Å². The van der Waals surface area contributed by atoms with Gasteiger partial charge in [0.1, 0.15) is 5.67 Å². The van der Waals surface area contributed by atoms with Gasteiger partial charge in [0.15, 0.2) is 0 Å². The molecule has 0 aliphatic heterocycles. The molecule has 1 aliphatic carbocycles. The van der Waals surface area contributed by atoms with E-state index in [-0.39, 0.29) is 6.04 Å². The lowest BCUT2D eigenvalue weighted by molar-refractivity contribution is 0.268. The molecule has 68 valence electrons. The number of rotatable bonds is 3. The molecule has 0 bridgehead atoms. The highest BCUT2D eigenvalue weighted by Gasteiger charge is 2.43. The molecule has 0 heterocycles. The molecule has 1 nitrogen and oxygen atoms in total. The van der Waals surface area contributed by atoms with E-state index in [4.69, 9.17) is 5.73 Å². The van der Waals surface area contributed by atoms with E-state index in [0.717, 1.165) is 19.3 Å². The zero-order valence-corrected chi connectivity index (χ0v) is 7.86. The Bertz CT molecular complexity index is 99.7. The summed E-state index contributed by atoms with van der Waals surface area (Å²) in [7, 11) is 0. The van der Waals surface area contributed by atoms with Crippen LogP contribution < -0.4 is 5.73 Å². The molecule has 0 amide bonds. The Morgan fingerprint density at radius 1 is 1.45 bits per heavy atom. The van der Waals surface area contributed by atoms with Crippen LogP contribution in [0, 0.1) is 0 Å². The largest absolute Gasteiger partial charge is 0.328 e. The van der Waals surface area contributed by atoms with Gasteiger partial charge in [-0.15, -0.1) is 0 Å². The lowest BCUT2D eigenvalue weighted by Crippen LogP contribution is -2.23. The molecule has 0 aromatic rings. The van der Waals surface area contributed by atoms with Gasteiger partial charge in [-0.2, -0.15) is 0 Å². The van der Waals surface area contributed by atoms with Crippen molar-refractivity contribution < 1.29 is 4.39 Å². The van der Waals surface area contributed by atoms with Crippen molar-refractivity contribution >= 4 is 0 Å². The number of nitrogens with two attached hydrogens (primary N) is 1. The van der Waals surface area contributed by atoms with Crippen LogP contribution in [-0.4, -0.2) is 11.7 Å². The molecular weight excluding hydrogens is 141 g/mol. The minimum Gasteiger partial charge on any atom is -0.328 e. The fraction of sp³-hybridized carbons (Fsp3) is 1.00. The highest BCUT2D eigenvalue weighted by Crippen LogP contribution is 2.43. The first kappa shape index (κ1) is 10.9. The molecule has 1 unspecified atom stereocenters. The van der Waals surface area contributed by atoms with Crippen molar-refractivity contribution in [1.82, 2.24) is 0 Å². The van der Waals surface area contributed by atoms with Crippen molar-refractivity contribution in [3.63, 3.8) is 0 Å². The second-order valence-corrected chi connectivity index (χ2v) is 3.02. The summed E-state index contributed by atoms with van der Waals surface area (Å²) in [6.45, 7) is 6.00. The summed E-state index contributed by atoms with van der Waals surface area (Å²) < 4.78 is 12.9. The fourth-order valence-corrected chi connectivity index (χ4v) is 0.954. The van der Waals surface area contributed by atoms with Gasteiger partial charge in [-0.05, 0) is 25.7 Å². The van der Waals surface area contributed by atoms with Gasteiger partial charge >= 0.3 is 0 Å². The fourth-order valence-electron chi connectivity index (χ4n) is 0.954. The Morgan fingerprint density at radius 2 is 1.91 bits per heavy atom. The first-order chi connectivity index (χ1) is 5.16. The smallest absolute Gasteiger partial charge is 0.112 e. The maximum absolute atomic E-state index is 12.9. The molecule has 11 heavy (non-hydrogen) atoms. The zero-order valence-electron chi connectivity index (χ0n) is 7.86. The van der Waals surface area contributed by atoms with Gasteiger partial charge in [0.25, 0.3) is 0 Å². The quantitative estimate of drug-likeness (QED) is 0.676. The topological polar surface area (TPSA) is 26.0 Å². The van der Waals surface area contributed by atoms with Gasteiger partial charge in [-0.25, -0.2) is 4.39 Å². The van der Waals surface area contributed by atoms with Crippen molar-refractivity contribution in [2.24, 2.45) is 5.73 Å². The van der Waals surface area contributed by atoms with Crippen molar-refractivity contribution in [2.45, 2.75) is 58.2 Å². The molecule has 1 aliphatic rings. The monoisotopic (exact) mass is 161 g/mol. The first-order valence-electron chi connectivity index (χ1n) is 4.61. The third kappa shape index (κ3) is 4.35. The standard InChI is InChI=1S/C7H14FN.C2H6/c1-2-6(9)5-7(8)3-4-7;1-2/h6H,2-5,9H2,1H3;1-2H3. The summed E-state index contributed by atoms with van der Waals surface area (Å²) in [5.74, 6) is 0. The van der Waals surface area contributed by atoms with Gasteiger partial charge in [-0.1, -0.05) is 20.8 Å². The predicted molar refractivity (Wildman–Crippen MR) is 47.3 cm³/mol. The summed E-state index contributed by atoms with van der Waals surface area (Å²) >= 11 is 0. The van der Waals surface area contributed by atoms with Crippen molar-refractivity contribution in [2.75, 3.05) is 0 Å². The van der Waals surface area contributed by atoms with E-state index >= 15 is 0 Å². The van der Waals surface area contributed by atoms with Crippen molar-refractivity contribution in [1.29, 1.82) is 0 Å². The SMILES string of the molecule is CC.CCC(N)CC1(F)CC1. The molecule has 0 saturated heterocycles. The van der Waals surface area contributed by atoms with Gasteiger partial charge < -0.3 is 5.73 Å². The Labute approximate surface area is 69.2 Å². The Morgan fingerprint density at radius 3 is 2.18 bits per heavy atom. The van der Waals surface area contributed by atoms with E-state index in [1.165, 1.54) is 0 Å². The summed E-state index contributed by atoms with van der Waals surface area (Å²) in [4.78, 5) is 0. The van der Waals surface area contributed by atoms with Crippen molar-refractivity contribution in [3.8, 4) is 0 Å². The molecule has 2 N–H and O–H groups in total. The van der Waals surface area contributed by atoms with E-state index in [1.54, 1.807) is 0 Å². The summed E-state index contributed by atoms with van der Waals surface area (Å²) in [6, 6.07) is 0.0810. The van der Waals surface area contributed by atoms with Gasteiger partial charge in [0.05, 0.1) is 0 Å². The first-order valence-corrected chi connectivity index (χ1v) is 4.61. The van der Waals surface area contributed by atoms with Crippen LogP contribution in [0.15, 0.2) is 0 Å². The number of hydrogen-bond donors (Lipinski definition) is 1. The van der Waals surface area contributed by atoms with E-state index in [1.807, 2.05) is 20.8 Å². The van der Waals surface area contributed by atoms with Crippen LogP contribution in [0.1, 0.15) is 46.5 Å². The highest BCUT2D eigenvalue weighted by molar-refractivity contribution is 4.96. The molecule has 0 aromatic carbocycles. The second kappa shape index (κ2) is 4.70. The molecule has 0 spiro atoms. The van der Waals surface area contributed by atoms with Crippen LogP contribution in [-0.2, 0) is 0 Å². The van der Waals surface area contributed by atoms with E-state index in [0.29, 0.717) is 6.42 Å². The predicted octanol–water partition coefficient (Wildman–Crippen LogP) is 2.64. The Balaban J connectivity index is 0.000000461. The lowest BCUT2D eigenvalue weighted by atomic mass is 10.1. The Kier molecular flexibility index (Phi) is 4.66. The van der Waals surface area contributed by atoms with Crippen LogP contribution in [0.25, 0.3) is 0 Å². The molecule has 0 aromatic heterocycles. The number of hydrogen-bond acceptors (Lipinski definition) is 1. The second-order valence-electron chi connectivity index (χ2n) is 3.02. The maximum Gasteiger partial charge on any atom is 0.112 e. The summed E-state index contributed by atoms with van der Waals surface area (Å²) in [5.41, 5.74) is 4.71. The molecule has 1 rings (SSSR count).